The number of amides is 2. The predicted octanol–water partition coefficient (Wildman–Crippen LogP) is 3.28. The summed E-state index contributed by atoms with van der Waals surface area (Å²) >= 11 is 0. The van der Waals surface area contributed by atoms with Crippen LogP contribution in [0.2, 0.25) is 0 Å². The molecule has 2 amide bonds. The van der Waals surface area contributed by atoms with Crippen LogP contribution >= 0.6 is 0 Å². The van der Waals surface area contributed by atoms with Gasteiger partial charge in [-0.15, -0.1) is 0 Å². The second-order valence-corrected chi connectivity index (χ2v) is 6.25. The molecule has 0 atom stereocenters. The Morgan fingerprint density at radius 1 is 0.920 bits per heavy atom. The Kier molecular flexibility index (Phi) is 5.33. The maximum Gasteiger partial charge on any atom is 0.316 e. The van der Waals surface area contributed by atoms with Crippen molar-refractivity contribution in [2.45, 2.75) is 19.3 Å². The molecule has 1 N–H and O–H groups in total. The molecule has 1 heterocycles. The normalized spacial score (nSPS) is 14.0. The van der Waals surface area contributed by atoms with E-state index >= 15 is 0 Å². The number of nitrogens with one attached hydrogen (secondary N) is 1. The Morgan fingerprint density at radius 2 is 1.56 bits per heavy atom. The number of nitrogens with zero attached hydrogens (tertiary/aromatic N) is 2. The fourth-order valence-electron chi connectivity index (χ4n) is 3.01. The first-order chi connectivity index (χ1) is 12.1. The summed E-state index contributed by atoms with van der Waals surface area (Å²) in [7, 11) is 1.59. The molecule has 25 heavy (non-hydrogen) atoms. The third kappa shape index (κ3) is 4.18. The fourth-order valence-corrected chi connectivity index (χ4v) is 3.01. The van der Waals surface area contributed by atoms with Gasteiger partial charge in [0.2, 0.25) is 0 Å². The Balaban J connectivity index is 1.61. The molecule has 0 saturated carbocycles. The Labute approximate surface area is 148 Å². The van der Waals surface area contributed by atoms with Crippen molar-refractivity contribution in [3.63, 3.8) is 0 Å². The molecule has 2 aromatic carbocycles. The SMILES string of the molecule is CN(C(=O)C(=O)Nc1ccc(N2CCCCC2)cc1)c1ccccc1. The number of hydrogen-bond acceptors (Lipinski definition) is 3. The minimum absolute atomic E-state index is 0.591. The molecule has 1 aliphatic heterocycles. The first-order valence-corrected chi connectivity index (χ1v) is 8.64. The molecule has 3 rings (SSSR count). The highest BCUT2D eigenvalue weighted by Crippen LogP contribution is 2.22. The second-order valence-electron chi connectivity index (χ2n) is 6.25. The molecule has 0 radical (unpaired) electrons. The number of para-hydroxylation sites is 1. The van der Waals surface area contributed by atoms with Gasteiger partial charge < -0.3 is 15.1 Å². The topological polar surface area (TPSA) is 52.7 Å². The maximum absolute atomic E-state index is 12.3. The van der Waals surface area contributed by atoms with E-state index in [1.54, 1.807) is 19.2 Å². The van der Waals surface area contributed by atoms with Crippen molar-refractivity contribution in [3.8, 4) is 0 Å². The molecule has 0 aliphatic carbocycles. The van der Waals surface area contributed by atoms with E-state index in [4.69, 9.17) is 0 Å². The summed E-state index contributed by atoms with van der Waals surface area (Å²) in [6.07, 6.45) is 3.74. The first-order valence-electron chi connectivity index (χ1n) is 8.64. The predicted molar refractivity (Wildman–Crippen MR) is 101 cm³/mol. The zero-order valence-corrected chi connectivity index (χ0v) is 14.4. The van der Waals surface area contributed by atoms with Crippen LogP contribution in [0.4, 0.5) is 17.1 Å². The van der Waals surface area contributed by atoms with Gasteiger partial charge in [-0.3, -0.25) is 9.59 Å². The Morgan fingerprint density at radius 3 is 2.20 bits per heavy atom. The van der Waals surface area contributed by atoms with E-state index in [2.05, 4.69) is 10.2 Å². The summed E-state index contributed by atoms with van der Waals surface area (Å²) in [5, 5.41) is 2.67. The lowest BCUT2D eigenvalue weighted by molar-refractivity contribution is -0.134. The van der Waals surface area contributed by atoms with Gasteiger partial charge >= 0.3 is 11.8 Å². The van der Waals surface area contributed by atoms with E-state index in [1.807, 2.05) is 42.5 Å². The molecule has 0 unspecified atom stereocenters. The number of carbonyl (C=O) groups is 2. The fraction of sp³-hybridized carbons (Fsp3) is 0.300. The van der Waals surface area contributed by atoms with Crippen LogP contribution in [0.1, 0.15) is 19.3 Å². The van der Waals surface area contributed by atoms with Crippen LogP contribution in [0.25, 0.3) is 0 Å². The van der Waals surface area contributed by atoms with Crippen LogP contribution in [0.15, 0.2) is 54.6 Å². The zero-order chi connectivity index (χ0) is 17.6. The lowest BCUT2D eigenvalue weighted by atomic mass is 10.1. The number of carbonyl (C=O) groups excluding carboxylic acids is 2. The van der Waals surface area contributed by atoms with Crippen molar-refractivity contribution in [1.29, 1.82) is 0 Å². The number of hydrogen-bond donors (Lipinski definition) is 1. The standard InChI is InChI=1S/C20H23N3O2/c1-22(17-8-4-2-5-9-17)20(25)19(24)21-16-10-12-18(13-11-16)23-14-6-3-7-15-23/h2,4-5,8-13H,3,6-7,14-15H2,1H3,(H,21,24). The van der Waals surface area contributed by atoms with Gasteiger partial charge in [0.15, 0.2) is 0 Å². The largest absolute Gasteiger partial charge is 0.372 e. The average molecular weight is 337 g/mol. The van der Waals surface area contributed by atoms with Gasteiger partial charge in [-0.05, 0) is 55.7 Å². The van der Waals surface area contributed by atoms with E-state index in [9.17, 15) is 9.59 Å². The first kappa shape index (κ1) is 17.0. The lowest BCUT2D eigenvalue weighted by Gasteiger charge is -2.28. The van der Waals surface area contributed by atoms with Gasteiger partial charge in [0.25, 0.3) is 0 Å². The average Bonchev–Trinajstić information content (AvgIpc) is 2.68. The van der Waals surface area contributed by atoms with Crippen molar-refractivity contribution in [1.82, 2.24) is 0 Å². The van der Waals surface area contributed by atoms with Crippen molar-refractivity contribution < 1.29 is 9.59 Å². The van der Waals surface area contributed by atoms with E-state index in [0.717, 1.165) is 18.8 Å². The van der Waals surface area contributed by atoms with Gasteiger partial charge in [-0.1, -0.05) is 18.2 Å². The van der Waals surface area contributed by atoms with Crippen LogP contribution < -0.4 is 15.1 Å². The summed E-state index contributed by atoms with van der Waals surface area (Å²) < 4.78 is 0. The zero-order valence-electron chi connectivity index (χ0n) is 14.4. The van der Waals surface area contributed by atoms with Crippen LogP contribution in [-0.2, 0) is 9.59 Å². The molecular formula is C20H23N3O2. The number of rotatable bonds is 3. The Bertz CT molecular complexity index is 722. The number of benzene rings is 2. The highest BCUT2D eigenvalue weighted by molar-refractivity contribution is 6.44. The molecule has 1 aliphatic rings. The summed E-state index contributed by atoms with van der Waals surface area (Å²) in [6.45, 7) is 2.15. The molecule has 1 fully saturated rings. The van der Waals surface area contributed by atoms with Gasteiger partial charge in [0.1, 0.15) is 0 Å². The third-order valence-electron chi connectivity index (χ3n) is 4.49. The number of likely N-dealkylation sites (N-methyl/N-ethyl adjacent to an activating group) is 1. The Hall–Kier alpha value is -2.82. The van der Waals surface area contributed by atoms with Gasteiger partial charge in [0, 0.05) is 37.2 Å². The molecule has 5 nitrogen and oxygen atoms in total. The third-order valence-corrected chi connectivity index (χ3v) is 4.49. The van der Waals surface area contributed by atoms with E-state index in [-0.39, 0.29) is 0 Å². The summed E-state index contributed by atoms with van der Waals surface area (Å²) in [6, 6.07) is 16.8. The van der Waals surface area contributed by atoms with Crippen molar-refractivity contribution in [2.75, 3.05) is 35.3 Å². The monoisotopic (exact) mass is 337 g/mol. The number of anilines is 3. The summed E-state index contributed by atoms with van der Waals surface area (Å²) in [4.78, 5) is 28.2. The molecule has 1 saturated heterocycles. The van der Waals surface area contributed by atoms with Crippen LogP contribution in [0, 0.1) is 0 Å². The van der Waals surface area contributed by atoms with Gasteiger partial charge in [-0.25, -0.2) is 0 Å². The van der Waals surface area contributed by atoms with E-state index < -0.39 is 11.8 Å². The summed E-state index contributed by atoms with van der Waals surface area (Å²) in [5.41, 5.74) is 2.47. The molecule has 5 heteroatoms. The molecule has 130 valence electrons. The maximum atomic E-state index is 12.3. The van der Waals surface area contributed by atoms with Crippen molar-refractivity contribution >= 4 is 28.9 Å². The molecule has 0 aromatic heterocycles. The molecule has 0 spiro atoms. The highest BCUT2D eigenvalue weighted by Gasteiger charge is 2.20. The van der Waals surface area contributed by atoms with Gasteiger partial charge in [0.05, 0.1) is 0 Å². The van der Waals surface area contributed by atoms with E-state index in [1.165, 1.54) is 24.2 Å². The van der Waals surface area contributed by atoms with Crippen LogP contribution in [-0.4, -0.2) is 32.0 Å². The van der Waals surface area contributed by atoms with Crippen molar-refractivity contribution in [2.24, 2.45) is 0 Å². The summed E-state index contributed by atoms with van der Waals surface area (Å²) in [5.74, 6) is -1.23. The van der Waals surface area contributed by atoms with Crippen LogP contribution in [0.5, 0.6) is 0 Å². The minimum atomic E-state index is -0.642. The minimum Gasteiger partial charge on any atom is -0.372 e. The number of piperidine rings is 1. The quantitative estimate of drug-likeness (QED) is 0.875. The molecule has 0 bridgehead atoms. The van der Waals surface area contributed by atoms with E-state index in [0.29, 0.717) is 11.4 Å². The molecule has 2 aromatic rings. The van der Waals surface area contributed by atoms with Crippen LogP contribution in [0.3, 0.4) is 0 Å². The van der Waals surface area contributed by atoms with Crippen molar-refractivity contribution in [3.05, 3.63) is 54.6 Å². The second kappa shape index (κ2) is 7.83. The molecular weight excluding hydrogens is 314 g/mol. The highest BCUT2D eigenvalue weighted by atomic mass is 16.2. The smallest absolute Gasteiger partial charge is 0.316 e. The lowest BCUT2D eigenvalue weighted by Crippen LogP contribution is -2.37. The van der Waals surface area contributed by atoms with Gasteiger partial charge in [-0.2, -0.15) is 0 Å².